The maximum absolute atomic E-state index is 12.4. The van der Waals surface area contributed by atoms with E-state index in [0.717, 1.165) is 10.2 Å². The van der Waals surface area contributed by atoms with Crippen LogP contribution in [0.1, 0.15) is 6.42 Å². The van der Waals surface area contributed by atoms with Crippen LogP contribution in [-0.4, -0.2) is 35.4 Å². The van der Waals surface area contributed by atoms with E-state index in [4.69, 9.17) is 4.74 Å². The van der Waals surface area contributed by atoms with Crippen LogP contribution in [0.2, 0.25) is 0 Å². The molecular formula is C16H15BrN4O3. The summed E-state index contributed by atoms with van der Waals surface area (Å²) in [6.45, 7) is 0.323. The van der Waals surface area contributed by atoms with E-state index in [1.54, 1.807) is 4.90 Å². The first kappa shape index (κ1) is 16.4. The molecule has 2 aromatic rings. The molecule has 1 N–H and O–H groups in total. The summed E-state index contributed by atoms with van der Waals surface area (Å²) < 4.78 is 5.79. The summed E-state index contributed by atoms with van der Waals surface area (Å²) in [5.41, 5.74) is 0.762. The Morgan fingerprint density at radius 2 is 2.04 bits per heavy atom. The summed E-state index contributed by atoms with van der Waals surface area (Å²) >= 11 is 3.43. The van der Waals surface area contributed by atoms with Gasteiger partial charge in [-0.15, -0.1) is 0 Å². The molecule has 1 saturated heterocycles. The molecule has 1 aromatic heterocycles. The fourth-order valence-corrected chi connectivity index (χ4v) is 2.98. The number of hydrogen-bond donors (Lipinski definition) is 1. The number of ether oxygens (including phenoxy) is 1. The summed E-state index contributed by atoms with van der Waals surface area (Å²) in [5, 5.41) is 2.64. The Labute approximate surface area is 147 Å². The fraction of sp³-hybridized carbons (Fsp3) is 0.250. The van der Waals surface area contributed by atoms with Gasteiger partial charge < -0.3 is 9.64 Å². The monoisotopic (exact) mass is 390 g/mol. The van der Waals surface area contributed by atoms with Crippen molar-refractivity contribution in [1.82, 2.24) is 9.97 Å². The van der Waals surface area contributed by atoms with Gasteiger partial charge in [0, 0.05) is 17.4 Å². The van der Waals surface area contributed by atoms with Gasteiger partial charge in [0.25, 0.3) is 0 Å². The Morgan fingerprint density at radius 3 is 2.71 bits per heavy atom. The molecule has 1 unspecified atom stereocenters. The number of halogens is 1. The lowest BCUT2D eigenvalue weighted by molar-refractivity contribution is -0.122. The second-order valence-electron chi connectivity index (χ2n) is 5.29. The van der Waals surface area contributed by atoms with Gasteiger partial charge >= 0.3 is 0 Å². The molecule has 3 rings (SSSR count). The van der Waals surface area contributed by atoms with Crippen molar-refractivity contribution in [2.75, 3.05) is 23.9 Å². The van der Waals surface area contributed by atoms with E-state index in [9.17, 15) is 9.59 Å². The minimum Gasteiger partial charge on any atom is -0.494 e. The van der Waals surface area contributed by atoms with Crippen LogP contribution < -0.4 is 15.0 Å². The number of rotatable bonds is 4. The van der Waals surface area contributed by atoms with Crippen LogP contribution in [0.5, 0.6) is 5.75 Å². The molecule has 0 aliphatic carbocycles. The molecule has 1 aromatic carbocycles. The number of nitrogens with one attached hydrogen (secondary N) is 1. The molecule has 7 nitrogen and oxygen atoms in total. The van der Waals surface area contributed by atoms with Crippen LogP contribution in [0.25, 0.3) is 0 Å². The zero-order valence-corrected chi connectivity index (χ0v) is 14.5. The van der Waals surface area contributed by atoms with Crippen molar-refractivity contribution < 1.29 is 14.3 Å². The van der Waals surface area contributed by atoms with E-state index in [0.29, 0.717) is 12.3 Å². The molecule has 1 fully saturated rings. The number of anilines is 2. The van der Waals surface area contributed by atoms with Crippen LogP contribution in [0.3, 0.4) is 0 Å². The number of benzene rings is 1. The summed E-state index contributed by atoms with van der Waals surface area (Å²) in [5.74, 6) is -0.118. The van der Waals surface area contributed by atoms with E-state index in [2.05, 4.69) is 31.2 Å². The van der Waals surface area contributed by atoms with Crippen LogP contribution in [-0.2, 0) is 9.59 Å². The van der Waals surface area contributed by atoms with Crippen molar-refractivity contribution in [3.63, 3.8) is 0 Å². The van der Waals surface area contributed by atoms with Gasteiger partial charge in [-0.2, -0.15) is 0 Å². The normalized spacial score (nSPS) is 17.0. The Morgan fingerprint density at radius 1 is 1.33 bits per heavy atom. The highest BCUT2D eigenvalue weighted by molar-refractivity contribution is 9.10. The minimum atomic E-state index is -0.449. The van der Waals surface area contributed by atoms with Crippen molar-refractivity contribution in [2.45, 2.75) is 6.42 Å². The lowest BCUT2D eigenvalue weighted by Crippen LogP contribution is -2.28. The molecule has 2 amide bonds. The summed E-state index contributed by atoms with van der Waals surface area (Å²) in [6.07, 6.45) is 3.09. The third-order valence-corrected chi connectivity index (χ3v) is 4.41. The summed E-state index contributed by atoms with van der Waals surface area (Å²) in [7, 11) is 1.51. The maximum Gasteiger partial charge on any atom is 0.232 e. The van der Waals surface area contributed by atoms with Gasteiger partial charge in [-0.1, -0.05) is 12.1 Å². The largest absolute Gasteiger partial charge is 0.494 e. The first-order chi connectivity index (χ1) is 11.6. The molecule has 0 bridgehead atoms. The van der Waals surface area contributed by atoms with Crippen LogP contribution in [0.4, 0.5) is 11.6 Å². The lowest BCUT2D eigenvalue weighted by Gasteiger charge is -2.18. The molecule has 1 aliphatic heterocycles. The first-order valence-electron chi connectivity index (χ1n) is 7.30. The van der Waals surface area contributed by atoms with Crippen molar-refractivity contribution in [2.24, 2.45) is 5.92 Å². The Hall–Kier alpha value is -2.48. The lowest BCUT2D eigenvalue weighted by atomic mass is 10.1. The van der Waals surface area contributed by atoms with E-state index in [-0.39, 0.29) is 24.2 Å². The Bertz CT molecular complexity index is 766. The van der Waals surface area contributed by atoms with Gasteiger partial charge in [0.2, 0.25) is 17.8 Å². The third-order valence-electron chi connectivity index (χ3n) is 3.74. The van der Waals surface area contributed by atoms with Crippen LogP contribution >= 0.6 is 15.9 Å². The number of hydrogen-bond acceptors (Lipinski definition) is 5. The average molecular weight is 391 g/mol. The molecule has 124 valence electrons. The quantitative estimate of drug-likeness (QED) is 0.864. The van der Waals surface area contributed by atoms with Crippen molar-refractivity contribution in [1.29, 1.82) is 0 Å². The van der Waals surface area contributed by atoms with Crippen molar-refractivity contribution in [3.05, 3.63) is 41.1 Å². The Balaban J connectivity index is 1.68. The highest BCUT2D eigenvalue weighted by Crippen LogP contribution is 2.31. The predicted octanol–water partition coefficient (Wildman–Crippen LogP) is 2.24. The molecule has 8 heteroatoms. The van der Waals surface area contributed by atoms with Crippen LogP contribution in [0.15, 0.2) is 41.1 Å². The predicted molar refractivity (Wildman–Crippen MR) is 91.8 cm³/mol. The topological polar surface area (TPSA) is 84.4 Å². The molecule has 1 aliphatic rings. The smallest absolute Gasteiger partial charge is 0.232 e. The highest BCUT2D eigenvalue weighted by Gasteiger charge is 2.36. The molecule has 0 spiro atoms. The summed E-state index contributed by atoms with van der Waals surface area (Å²) in [6, 6.07) is 7.43. The molecule has 0 radical (unpaired) electrons. The van der Waals surface area contributed by atoms with E-state index < -0.39 is 5.92 Å². The number of nitrogens with zero attached hydrogens (tertiary/aromatic N) is 3. The van der Waals surface area contributed by atoms with Gasteiger partial charge in [-0.05, 0) is 28.1 Å². The second-order valence-corrected chi connectivity index (χ2v) is 6.15. The van der Waals surface area contributed by atoms with E-state index in [1.807, 2.05) is 24.3 Å². The number of carbonyl (C=O) groups is 2. The number of methoxy groups -OCH3 is 1. The first-order valence-corrected chi connectivity index (χ1v) is 8.09. The number of aromatic nitrogens is 2. The zero-order valence-electron chi connectivity index (χ0n) is 12.9. The minimum absolute atomic E-state index is 0.0855. The average Bonchev–Trinajstić information content (AvgIpc) is 2.98. The zero-order chi connectivity index (χ0) is 17.1. The number of carbonyl (C=O) groups excluding carboxylic acids is 2. The SMILES string of the molecule is COc1cnc(NC(=O)C2CC(=O)N(c3ccccc3Br)C2)nc1. The van der Waals surface area contributed by atoms with Gasteiger partial charge in [-0.25, -0.2) is 9.97 Å². The van der Waals surface area contributed by atoms with Gasteiger partial charge in [0.05, 0.1) is 31.1 Å². The summed E-state index contributed by atoms with van der Waals surface area (Å²) in [4.78, 5) is 34.2. The van der Waals surface area contributed by atoms with Crippen molar-refractivity contribution >= 4 is 39.4 Å². The standard InChI is InChI=1S/C16H15BrN4O3/c1-24-11-7-18-16(19-8-11)20-15(23)10-6-14(22)21(9-10)13-5-3-2-4-12(13)17/h2-5,7-8,10H,6,9H2,1H3,(H,18,19,20,23). The molecule has 2 heterocycles. The van der Waals surface area contributed by atoms with Gasteiger partial charge in [0.1, 0.15) is 0 Å². The highest BCUT2D eigenvalue weighted by atomic mass is 79.9. The van der Waals surface area contributed by atoms with Gasteiger partial charge in [-0.3, -0.25) is 14.9 Å². The van der Waals surface area contributed by atoms with Crippen molar-refractivity contribution in [3.8, 4) is 5.75 Å². The van der Waals surface area contributed by atoms with E-state index in [1.165, 1.54) is 19.5 Å². The third kappa shape index (κ3) is 3.38. The van der Waals surface area contributed by atoms with Crippen LogP contribution in [0, 0.1) is 5.92 Å². The number of para-hydroxylation sites is 1. The molecule has 24 heavy (non-hydrogen) atoms. The number of amides is 2. The Kier molecular flexibility index (Phi) is 4.75. The van der Waals surface area contributed by atoms with Gasteiger partial charge in [0.15, 0.2) is 5.75 Å². The second kappa shape index (κ2) is 6.96. The maximum atomic E-state index is 12.4. The molecule has 0 saturated carbocycles. The fourth-order valence-electron chi connectivity index (χ4n) is 2.49. The van der Waals surface area contributed by atoms with E-state index >= 15 is 0 Å². The molecule has 1 atom stereocenters. The molecular weight excluding hydrogens is 376 g/mol.